The van der Waals surface area contributed by atoms with Crippen LogP contribution >= 0.6 is 0 Å². The quantitative estimate of drug-likeness (QED) is 0.863. The highest BCUT2D eigenvalue weighted by Gasteiger charge is 2.34. The Morgan fingerprint density at radius 1 is 1.53 bits per heavy atom. The lowest BCUT2D eigenvalue weighted by atomic mass is 10.1. The highest BCUT2D eigenvalue weighted by molar-refractivity contribution is 5.89. The standard InChI is InChI=1S/C14H18N4O/c1-18(13(9-16)11-4-5-11)14(19)17-12-6-2-10(8-15)3-7-12/h2-3,6-7,11,13H,4-5,9,16H2,1H3,(H,17,19). The lowest BCUT2D eigenvalue weighted by Crippen LogP contribution is -2.45. The maximum absolute atomic E-state index is 12.1. The number of likely N-dealkylation sites (N-methyl/N-ethyl adjacent to an activating group) is 1. The molecule has 3 N–H and O–H groups in total. The molecule has 100 valence electrons. The molecule has 19 heavy (non-hydrogen) atoms. The second-order valence-corrected chi connectivity index (χ2v) is 4.87. The van der Waals surface area contributed by atoms with E-state index < -0.39 is 0 Å². The van der Waals surface area contributed by atoms with Crippen molar-refractivity contribution < 1.29 is 4.79 Å². The molecule has 1 fully saturated rings. The summed E-state index contributed by atoms with van der Waals surface area (Å²) in [6.07, 6.45) is 2.30. The SMILES string of the molecule is CN(C(=O)Nc1ccc(C#N)cc1)C(CN)C1CC1. The zero-order valence-electron chi connectivity index (χ0n) is 11.0. The summed E-state index contributed by atoms with van der Waals surface area (Å²) in [5.74, 6) is 0.543. The van der Waals surface area contributed by atoms with Crippen molar-refractivity contribution in [1.82, 2.24) is 4.90 Å². The first-order valence-electron chi connectivity index (χ1n) is 6.39. The fourth-order valence-electron chi connectivity index (χ4n) is 2.14. The molecule has 1 unspecified atom stereocenters. The smallest absolute Gasteiger partial charge is 0.321 e. The van der Waals surface area contributed by atoms with Gasteiger partial charge in [-0.25, -0.2) is 4.79 Å². The van der Waals surface area contributed by atoms with Gasteiger partial charge < -0.3 is 16.0 Å². The van der Waals surface area contributed by atoms with E-state index in [4.69, 9.17) is 11.0 Å². The predicted molar refractivity (Wildman–Crippen MR) is 73.5 cm³/mol. The van der Waals surface area contributed by atoms with Crippen LogP contribution in [0.1, 0.15) is 18.4 Å². The van der Waals surface area contributed by atoms with Gasteiger partial charge in [-0.2, -0.15) is 5.26 Å². The zero-order chi connectivity index (χ0) is 13.8. The molecule has 1 aliphatic carbocycles. The molecule has 5 heteroatoms. The summed E-state index contributed by atoms with van der Waals surface area (Å²) in [5, 5.41) is 11.5. The lowest BCUT2D eigenvalue weighted by Gasteiger charge is -2.27. The third kappa shape index (κ3) is 3.24. The van der Waals surface area contributed by atoms with Crippen molar-refractivity contribution in [1.29, 1.82) is 5.26 Å². The first-order valence-corrected chi connectivity index (χ1v) is 6.39. The van der Waals surface area contributed by atoms with Crippen molar-refractivity contribution in [3.8, 4) is 6.07 Å². The molecule has 1 saturated carbocycles. The van der Waals surface area contributed by atoms with E-state index in [1.807, 2.05) is 6.07 Å². The molecule has 2 amide bonds. The normalized spacial score (nSPS) is 15.4. The first-order chi connectivity index (χ1) is 9.15. The number of amides is 2. The summed E-state index contributed by atoms with van der Waals surface area (Å²) in [7, 11) is 1.77. The van der Waals surface area contributed by atoms with Crippen molar-refractivity contribution in [2.24, 2.45) is 11.7 Å². The van der Waals surface area contributed by atoms with Crippen LogP contribution < -0.4 is 11.1 Å². The number of nitrogens with zero attached hydrogens (tertiary/aromatic N) is 2. The number of urea groups is 1. The lowest BCUT2D eigenvalue weighted by molar-refractivity contribution is 0.198. The molecular formula is C14H18N4O. The number of carbonyl (C=O) groups excluding carboxylic acids is 1. The Kier molecular flexibility index (Phi) is 4.03. The van der Waals surface area contributed by atoms with Crippen molar-refractivity contribution >= 4 is 11.7 Å². The Balaban J connectivity index is 1.97. The van der Waals surface area contributed by atoms with Crippen LogP contribution in [0.3, 0.4) is 0 Å². The van der Waals surface area contributed by atoms with Crippen LogP contribution in [0.4, 0.5) is 10.5 Å². The molecular weight excluding hydrogens is 240 g/mol. The average molecular weight is 258 g/mol. The first kappa shape index (κ1) is 13.4. The molecule has 5 nitrogen and oxygen atoms in total. The number of hydrogen-bond donors (Lipinski definition) is 2. The van der Waals surface area contributed by atoms with Gasteiger partial charge in [0.25, 0.3) is 0 Å². The minimum Gasteiger partial charge on any atom is -0.328 e. The Morgan fingerprint density at radius 3 is 2.63 bits per heavy atom. The number of nitrogens with one attached hydrogen (secondary N) is 1. The molecule has 0 saturated heterocycles. The van der Waals surface area contributed by atoms with Gasteiger partial charge in [-0.3, -0.25) is 0 Å². The zero-order valence-corrected chi connectivity index (χ0v) is 11.0. The monoisotopic (exact) mass is 258 g/mol. The third-order valence-corrected chi connectivity index (χ3v) is 3.49. The van der Waals surface area contributed by atoms with Gasteiger partial charge in [-0.05, 0) is 43.0 Å². The third-order valence-electron chi connectivity index (χ3n) is 3.49. The maximum Gasteiger partial charge on any atom is 0.321 e. The van der Waals surface area contributed by atoms with Crippen LogP contribution in [-0.4, -0.2) is 30.6 Å². The number of nitrogens with two attached hydrogens (primary N) is 1. The van der Waals surface area contributed by atoms with E-state index in [1.54, 1.807) is 36.2 Å². The molecule has 0 aliphatic heterocycles. The van der Waals surface area contributed by atoms with Crippen LogP contribution in [0, 0.1) is 17.2 Å². The molecule has 2 rings (SSSR count). The van der Waals surface area contributed by atoms with Gasteiger partial charge in [0.05, 0.1) is 11.6 Å². The summed E-state index contributed by atoms with van der Waals surface area (Å²) < 4.78 is 0. The van der Waals surface area contributed by atoms with Crippen molar-refractivity contribution in [2.45, 2.75) is 18.9 Å². The van der Waals surface area contributed by atoms with E-state index in [0.29, 0.717) is 23.7 Å². The Morgan fingerprint density at radius 2 is 2.16 bits per heavy atom. The van der Waals surface area contributed by atoms with E-state index in [-0.39, 0.29) is 12.1 Å². The Labute approximate surface area is 113 Å². The van der Waals surface area contributed by atoms with Gasteiger partial charge in [-0.1, -0.05) is 0 Å². The largest absolute Gasteiger partial charge is 0.328 e. The highest BCUT2D eigenvalue weighted by Crippen LogP contribution is 2.34. The molecule has 1 aliphatic rings. The van der Waals surface area contributed by atoms with E-state index >= 15 is 0 Å². The molecule has 0 spiro atoms. The van der Waals surface area contributed by atoms with Gasteiger partial charge in [0, 0.05) is 25.3 Å². The average Bonchev–Trinajstić information content (AvgIpc) is 3.25. The number of carbonyl (C=O) groups is 1. The molecule has 1 aromatic carbocycles. The Bertz CT molecular complexity index is 487. The van der Waals surface area contributed by atoms with Crippen LogP contribution in [0.15, 0.2) is 24.3 Å². The van der Waals surface area contributed by atoms with Crippen LogP contribution in [-0.2, 0) is 0 Å². The summed E-state index contributed by atoms with van der Waals surface area (Å²) in [6.45, 7) is 0.488. The summed E-state index contributed by atoms with van der Waals surface area (Å²) in [4.78, 5) is 13.8. The predicted octanol–water partition coefficient (Wildman–Crippen LogP) is 1.76. The van der Waals surface area contributed by atoms with Gasteiger partial charge in [-0.15, -0.1) is 0 Å². The highest BCUT2D eigenvalue weighted by atomic mass is 16.2. The number of hydrogen-bond acceptors (Lipinski definition) is 3. The molecule has 1 atom stereocenters. The van der Waals surface area contributed by atoms with Crippen LogP contribution in [0.2, 0.25) is 0 Å². The fraction of sp³-hybridized carbons (Fsp3) is 0.429. The second kappa shape index (κ2) is 5.72. The van der Waals surface area contributed by atoms with E-state index in [2.05, 4.69) is 5.32 Å². The van der Waals surface area contributed by atoms with Gasteiger partial charge in [0.1, 0.15) is 0 Å². The van der Waals surface area contributed by atoms with E-state index in [1.165, 1.54) is 0 Å². The van der Waals surface area contributed by atoms with Crippen molar-refractivity contribution in [3.63, 3.8) is 0 Å². The Hall–Kier alpha value is -2.06. The van der Waals surface area contributed by atoms with Gasteiger partial charge >= 0.3 is 6.03 Å². The summed E-state index contributed by atoms with van der Waals surface area (Å²) in [6, 6.07) is 8.79. The summed E-state index contributed by atoms with van der Waals surface area (Å²) >= 11 is 0. The van der Waals surface area contributed by atoms with Gasteiger partial charge in [0.15, 0.2) is 0 Å². The molecule has 0 bridgehead atoms. The van der Waals surface area contributed by atoms with Crippen LogP contribution in [0.5, 0.6) is 0 Å². The van der Waals surface area contributed by atoms with Crippen molar-refractivity contribution in [3.05, 3.63) is 29.8 Å². The number of anilines is 1. The number of nitriles is 1. The topological polar surface area (TPSA) is 82.2 Å². The number of rotatable bonds is 4. The van der Waals surface area contributed by atoms with Crippen LogP contribution in [0.25, 0.3) is 0 Å². The maximum atomic E-state index is 12.1. The van der Waals surface area contributed by atoms with Crippen molar-refractivity contribution in [2.75, 3.05) is 18.9 Å². The minimum absolute atomic E-state index is 0.110. The molecule has 0 radical (unpaired) electrons. The second-order valence-electron chi connectivity index (χ2n) is 4.87. The van der Waals surface area contributed by atoms with E-state index in [9.17, 15) is 4.79 Å². The van der Waals surface area contributed by atoms with Gasteiger partial charge in [0.2, 0.25) is 0 Å². The molecule has 0 aromatic heterocycles. The number of benzene rings is 1. The minimum atomic E-state index is -0.160. The molecule has 0 heterocycles. The fourth-order valence-corrected chi connectivity index (χ4v) is 2.14. The molecule has 1 aromatic rings. The summed E-state index contributed by atoms with van der Waals surface area (Å²) in [5.41, 5.74) is 6.98. The van der Waals surface area contributed by atoms with E-state index in [0.717, 1.165) is 12.8 Å².